The molecule has 0 spiro atoms. The van der Waals surface area contributed by atoms with Crippen molar-refractivity contribution in [2.24, 2.45) is 0 Å². The number of nitrogens with zero attached hydrogens (tertiary/aromatic N) is 2. The summed E-state index contributed by atoms with van der Waals surface area (Å²) in [5, 5.41) is 10.3. The molecule has 0 bridgehead atoms. The molecule has 0 fully saturated rings. The molecule has 2 nitrogen and oxygen atoms in total. The van der Waals surface area contributed by atoms with Crippen LogP contribution >= 0.6 is 22.7 Å². The summed E-state index contributed by atoms with van der Waals surface area (Å²) >= 11 is 3.74. The van der Waals surface area contributed by atoms with Crippen molar-refractivity contribution >= 4 is 113 Å². The summed E-state index contributed by atoms with van der Waals surface area (Å²) in [5.41, 5.74) is 7.00. The minimum atomic E-state index is 1.13. The largest absolute Gasteiger partial charge is 0.310 e. The number of aromatic nitrogens is 1. The zero-order chi connectivity index (χ0) is 32.8. The minimum absolute atomic E-state index is 1.13. The number of rotatable bonds is 4. The van der Waals surface area contributed by atoms with Gasteiger partial charge in [0.15, 0.2) is 0 Å². The van der Waals surface area contributed by atoms with Crippen LogP contribution in [0, 0.1) is 0 Å². The van der Waals surface area contributed by atoms with Crippen LogP contribution in [0.3, 0.4) is 0 Å². The van der Waals surface area contributed by atoms with Crippen LogP contribution in [-0.2, 0) is 0 Å². The second kappa shape index (κ2) is 10.8. The molecule has 0 aliphatic rings. The van der Waals surface area contributed by atoms with Gasteiger partial charge < -0.3 is 9.47 Å². The highest BCUT2D eigenvalue weighted by atomic mass is 32.1. The van der Waals surface area contributed by atoms with Crippen molar-refractivity contribution in [2.45, 2.75) is 0 Å². The van der Waals surface area contributed by atoms with Crippen LogP contribution in [0.4, 0.5) is 17.1 Å². The highest BCUT2D eigenvalue weighted by Gasteiger charge is 2.19. The smallest absolute Gasteiger partial charge is 0.0542 e. The molecule has 8 aromatic carbocycles. The lowest BCUT2D eigenvalue weighted by Crippen LogP contribution is -2.09. The molecule has 0 amide bonds. The van der Waals surface area contributed by atoms with E-state index in [1.54, 1.807) is 0 Å². The van der Waals surface area contributed by atoms with E-state index >= 15 is 0 Å². The Bertz CT molecular complexity index is 3110. The lowest BCUT2D eigenvalue weighted by Gasteiger charge is -2.26. The predicted molar refractivity (Wildman–Crippen MR) is 219 cm³/mol. The van der Waals surface area contributed by atoms with Gasteiger partial charge in [0, 0.05) is 73.9 Å². The zero-order valence-corrected chi connectivity index (χ0v) is 28.5. The molecule has 0 atom stereocenters. The monoisotopic (exact) mass is 672 g/mol. The van der Waals surface area contributed by atoms with Gasteiger partial charge >= 0.3 is 0 Å². The van der Waals surface area contributed by atoms with E-state index in [1.807, 2.05) is 22.7 Å². The normalized spacial score (nSPS) is 12.0. The first-order valence-electron chi connectivity index (χ1n) is 16.9. The molecule has 0 aliphatic carbocycles. The third-order valence-corrected chi connectivity index (χ3v) is 12.4. The fourth-order valence-corrected chi connectivity index (χ4v) is 10.1. The van der Waals surface area contributed by atoms with E-state index in [-0.39, 0.29) is 0 Å². The summed E-state index contributed by atoms with van der Waals surface area (Å²) in [4.78, 5) is 2.44. The molecule has 0 N–H and O–H groups in total. The van der Waals surface area contributed by atoms with Crippen molar-refractivity contribution in [3.63, 3.8) is 0 Å². The fourth-order valence-electron chi connectivity index (χ4n) is 7.85. The number of anilines is 3. The molecule has 11 rings (SSSR count). The fraction of sp³-hybridized carbons (Fsp3) is 0. The molecule has 0 unspecified atom stereocenters. The topological polar surface area (TPSA) is 8.17 Å². The summed E-state index contributed by atoms with van der Waals surface area (Å²) < 4.78 is 7.66. The molecule has 3 heterocycles. The summed E-state index contributed by atoms with van der Waals surface area (Å²) in [5.74, 6) is 0. The Morgan fingerprint density at radius 1 is 0.340 bits per heavy atom. The Balaban J connectivity index is 1.16. The first kappa shape index (κ1) is 28.0. The van der Waals surface area contributed by atoms with Gasteiger partial charge in [-0.1, -0.05) is 84.9 Å². The van der Waals surface area contributed by atoms with Crippen LogP contribution in [0.2, 0.25) is 0 Å². The van der Waals surface area contributed by atoms with Crippen LogP contribution in [-0.4, -0.2) is 4.57 Å². The average molecular weight is 673 g/mol. The highest BCUT2D eigenvalue weighted by Crippen LogP contribution is 2.44. The second-order valence-corrected chi connectivity index (χ2v) is 15.1. The Kier molecular flexibility index (Phi) is 6.03. The van der Waals surface area contributed by atoms with E-state index in [0.717, 1.165) is 17.1 Å². The third kappa shape index (κ3) is 4.19. The van der Waals surface area contributed by atoms with Gasteiger partial charge in [-0.2, -0.15) is 0 Å². The Labute approximate surface area is 296 Å². The van der Waals surface area contributed by atoms with Crippen molar-refractivity contribution in [3.05, 3.63) is 170 Å². The SMILES string of the molecule is c1ccc(-n2c3ccccc3c3cc(N(c4ccc5cc6sc7ccccc7c6cc5c4)c4ccc5c(c4)sc4ccccc45)ccc32)cc1. The summed E-state index contributed by atoms with van der Waals surface area (Å²) in [6, 6.07) is 62.6. The summed E-state index contributed by atoms with van der Waals surface area (Å²) in [6.45, 7) is 0. The number of thiophene rings is 2. The molecule has 0 aliphatic heterocycles. The number of benzene rings is 8. The Morgan fingerprint density at radius 2 is 0.920 bits per heavy atom. The number of fused-ring (bicyclic) bond motifs is 10. The molecule has 4 heteroatoms. The minimum Gasteiger partial charge on any atom is -0.310 e. The van der Waals surface area contributed by atoms with E-state index in [2.05, 4.69) is 179 Å². The summed E-state index contributed by atoms with van der Waals surface area (Å²) in [7, 11) is 0. The Hall–Kier alpha value is -5.94. The molecular weight excluding hydrogens is 645 g/mol. The van der Waals surface area contributed by atoms with Gasteiger partial charge in [-0.25, -0.2) is 0 Å². The highest BCUT2D eigenvalue weighted by molar-refractivity contribution is 7.26. The molecule has 234 valence electrons. The standard InChI is InChI=1S/C46H28N2S2/c1-2-10-31(11-3-1)48-41-15-7-4-12-35(41)39-27-33(21-23-42(39)48)47(34-20-22-38-36-13-5-8-16-43(36)50-46(38)28-34)32-19-18-29-26-45-40(25-30(29)24-32)37-14-6-9-17-44(37)49-45/h1-28H. The van der Waals surface area contributed by atoms with Crippen molar-refractivity contribution in [1.29, 1.82) is 0 Å². The molecule has 0 saturated carbocycles. The maximum absolute atomic E-state index is 2.44. The van der Waals surface area contributed by atoms with Gasteiger partial charge in [-0.05, 0) is 95.7 Å². The number of para-hydroxylation sites is 2. The van der Waals surface area contributed by atoms with Gasteiger partial charge in [0.05, 0.1) is 11.0 Å². The number of hydrogen-bond donors (Lipinski definition) is 0. The number of hydrogen-bond acceptors (Lipinski definition) is 3. The maximum atomic E-state index is 2.44. The van der Waals surface area contributed by atoms with Gasteiger partial charge in [-0.15, -0.1) is 22.7 Å². The van der Waals surface area contributed by atoms with Crippen molar-refractivity contribution in [1.82, 2.24) is 4.57 Å². The summed E-state index contributed by atoms with van der Waals surface area (Å²) in [6.07, 6.45) is 0. The second-order valence-electron chi connectivity index (χ2n) is 13.0. The van der Waals surface area contributed by atoms with Crippen molar-refractivity contribution in [2.75, 3.05) is 4.90 Å². The Morgan fingerprint density at radius 3 is 1.74 bits per heavy atom. The van der Waals surface area contributed by atoms with E-state index in [4.69, 9.17) is 0 Å². The molecule has 11 aromatic rings. The molecule has 3 aromatic heterocycles. The van der Waals surface area contributed by atoms with Crippen molar-refractivity contribution in [3.8, 4) is 5.69 Å². The van der Waals surface area contributed by atoms with Crippen LogP contribution in [0.15, 0.2) is 170 Å². The van der Waals surface area contributed by atoms with E-state index in [0.29, 0.717) is 0 Å². The van der Waals surface area contributed by atoms with Crippen LogP contribution in [0.5, 0.6) is 0 Å². The maximum Gasteiger partial charge on any atom is 0.0542 e. The molecule has 0 saturated heterocycles. The van der Waals surface area contributed by atoms with Gasteiger partial charge in [0.2, 0.25) is 0 Å². The van der Waals surface area contributed by atoms with E-state index < -0.39 is 0 Å². The molecular formula is C46H28N2S2. The van der Waals surface area contributed by atoms with Gasteiger partial charge in [-0.3, -0.25) is 0 Å². The van der Waals surface area contributed by atoms with Crippen LogP contribution < -0.4 is 4.90 Å². The zero-order valence-electron chi connectivity index (χ0n) is 26.9. The molecule has 50 heavy (non-hydrogen) atoms. The lowest BCUT2D eigenvalue weighted by molar-refractivity contribution is 1.18. The first-order chi connectivity index (χ1) is 24.8. The molecule has 0 radical (unpaired) electrons. The van der Waals surface area contributed by atoms with Crippen molar-refractivity contribution < 1.29 is 0 Å². The quantitative estimate of drug-likeness (QED) is 0.181. The van der Waals surface area contributed by atoms with Crippen LogP contribution in [0.1, 0.15) is 0 Å². The van der Waals surface area contributed by atoms with Crippen LogP contribution in [0.25, 0.3) is 78.6 Å². The first-order valence-corrected chi connectivity index (χ1v) is 18.6. The van der Waals surface area contributed by atoms with E-state index in [1.165, 1.54) is 78.6 Å². The van der Waals surface area contributed by atoms with Gasteiger partial charge in [0.1, 0.15) is 0 Å². The third-order valence-electron chi connectivity index (χ3n) is 10.1. The lowest BCUT2D eigenvalue weighted by atomic mass is 10.0. The predicted octanol–water partition coefficient (Wildman–Crippen LogP) is 14.1. The average Bonchev–Trinajstić information content (AvgIpc) is 3.83. The van der Waals surface area contributed by atoms with Gasteiger partial charge in [0.25, 0.3) is 0 Å². The van der Waals surface area contributed by atoms with E-state index in [9.17, 15) is 0 Å².